The van der Waals surface area contributed by atoms with Crippen LogP contribution in [-0.4, -0.2) is 33.7 Å². The van der Waals surface area contributed by atoms with Gasteiger partial charge in [0.15, 0.2) is 5.82 Å². The smallest absolute Gasteiger partial charge is 0.303 e. The molecule has 7 heteroatoms. The highest BCUT2D eigenvalue weighted by molar-refractivity contribution is 5.75. The van der Waals surface area contributed by atoms with E-state index in [1.54, 1.807) is 6.92 Å². The number of aliphatic carboxylic acids is 1. The zero-order valence-corrected chi connectivity index (χ0v) is 13.7. The van der Waals surface area contributed by atoms with Crippen molar-refractivity contribution in [3.63, 3.8) is 0 Å². The number of rotatable bonds is 8. The Labute approximate surface area is 130 Å². The molecule has 0 aliphatic heterocycles. The van der Waals surface area contributed by atoms with Crippen molar-refractivity contribution in [1.82, 2.24) is 15.5 Å². The van der Waals surface area contributed by atoms with Gasteiger partial charge in [-0.2, -0.15) is 4.98 Å². The lowest BCUT2D eigenvalue weighted by molar-refractivity contribution is -0.138. The third-order valence-electron chi connectivity index (χ3n) is 3.10. The molecule has 0 fully saturated rings. The standard InChI is InChI=1S/C15H25N3O4/c1-10(8-13(20)21)9-16-11(19)6-5-7-12-17-14(18-22-12)15(2,3)4/h10H,5-9H2,1-4H3,(H,16,19)(H,20,21). The summed E-state index contributed by atoms with van der Waals surface area (Å²) in [5, 5.41) is 15.3. The van der Waals surface area contributed by atoms with Gasteiger partial charge in [0.25, 0.3) is 0 Å². The maximum atomic E-state index is 11.7. The van der Waals surface area contributed by atoms with E-state index < -0.39 is 5.97 Å². The summed E-state index contributed by atoms with van der Waals surface area (Å²) < 4.78 is 5.16. The minimum Gasteiger partial charge on any atom is -0.481 e. The summed E-state index contributed by atoms with van der Waals surface area (Å²) in [7, 11) is 0. The van der Waals surface area contributed by atoms with E-state index in [-0.39, 0.29) is 23.7 Å². The number of hydrogen-bond donors (Lipinski definition) is 2. The molecular weight excluding hydrogens is 286 g/mol. The van der Waals surface area contributed by atoms with E-state index in [0.717, 1.165) is 0 Å². The fourth-order valence-corrected chi connectivity index (χ4v) is 1.81. The Bertz CT molecular complexity index is 505. The lowest BCUT2D eigenvalue weighted by atomic mass is 9.96. The number of hydrogen-bond acceptors (Lipinski definition) is 5. The summed E-state index contributed by atoms with van der Waals surface area (Å²) in [5.41, 5.74) is -0.153. The van der Waals surface area contributed by atoms with E-state index in [0.29, 0.717) is 37.5 Å². The molecule has 22 heavy (non-hydrogen) atoms. The molecule has 1 atom stereocenters. The molecular formula is C15H25N3O4. The van der Waals surface area contributed by atoms with Crippen molar-refractivity contribution in [3.05, 3.63) is 11.7 Å². The fourth-order valence-electron chi connectivity index (χ4n) is 1.81. The third kappa shape index (κ3) is 6.69. The Morgan fingerprint density at radius 2 is 2.05 bits per heavy atom. The van der Waals surface area contributed by atoms with Crippen LogP contribution in [-0.2, 0) is 21.4 Å². The molecule has 1 aromatic heterocycles. The second-order valence-corrected chi connectivity index (χ2v) is 6.62. The second kappa shape index (κ2) is 7.91. The largest absolute Gasteiger partial charge is 0.481 e. The van der Waals surface area contributed by atoms with Crippen LogP contribution in [0.4, 0.5) is 0 Å². The van der Waals surface area contributed by atoms with E-state index in [9.17, 15) is 9.59 Å². The molecule has 0 spiro atoms. The van der Waals surface area contributed by atoms with Gasteiger partial charge >= 0.3 is 5.97 Å². The number of nitrogens with zero attached hydrogens (tertiary/aromatic N) is 2. The predicted molar refractivity (Wildman–Crippen MR) is 80.4 cm³/mol. The molecule has 0 aromatic carbocycles. The predicted octanol–water partition coefficient (Wildman–Crippen LogP) is 1.92. The van der Waals surface area contributed by atoms with Crippen LogP contribution in [0.15, 0.2) is 4.52 Å². The normalized spacial score (nSPS) is 12.9. The number of aromatic nitrogens is 2. The Hall–Kier alpha value is -1.92. The molecule has 1 amide bonds. The van der Waals surface area contributed by atoms with Crippen LogP contribution in [0.1, 0.15) is 58.7 Å². The van der Waals surface area contributed by atoms with E-state index in [4.69, 9.17) is 9.63 Å². The van der Waals surface area contributed by atoms with Crippen LogP contribution in [0.2, 0.25) is 0 Å². The minimum atomic E-state index is -0.854. The fraction of sp³-hybridized carbons (Fsp3) is 0.733. The summed E-state index contributed by atoms with van der Waals surface area (Å²) in [5.74, 6) is 0.179. The number of carbonyl (C=O) groups is 2. The van der Waals surface area contributed by atoms with Crippen molar-refractivity contribution in [1.29, 1.82) is 0 Å². The van der Waals surface area contributed by atoms with Crippen molar-refractivity contribution in [2.75, 3.05) is 6.54 Å². The number of nitrogens with one attached hydrogen (secondary N) is 1. The quantitative estimate of drug-likeness (QED) is 0.760. The molecule has 0 bridgehead atoms. The average molecular weight is 311 g/mol. The molecule has 0 aliphatic carbocycles. The van der Waals surface area contributed by atoms with Crippen LogP contribution >= 0.6 is 0 Å². The van der Waals surface area contributed by atoms with E-state index in [2.05, 4.69) is 15.5 Å². The van der Waals surface area contributed by atoms with Gasteiger partial charge in [0.1, 0.15) is 0 Å². The first-order chi connectivity index (χ1) is 10.2. The molecule has 1 rings (SSSR count). The summed E-state index contributed by atoms with van der Waals surface area (Å²) in [6.45, 7) is 8.19. The van der Waals surface area contributed by atoms with E-state index >= 15 is 0 Å². The van der Waals surface area contributed by atoms with Crippen LogP contribution in [0.25, 0.3) is 0 Å². The first-order valence-electron chi connectivity index (χ1n) is 7.50. The van der Waals surface area contributed by atoms with Crippen LogP contribution in [0.5, 0.6) is 0 Å². The van der Waals surface area contributed by atoms with Gasteiger partial charge in [-0.25, -0.2) is 0 Å². The Balaban J connectivity index is 2.25. The highest BCUT2D eigenvalue weighted by atomic mass is 16.5. The van der Waals surface area contributed by atoms with Gasteiger partial charge in [-0.15, -0.1) is 0 Å². The number of carboxylic acids is 1. The summed E-state index contributed by atoms with van der Waals surface area (Å²) in [6, 6.07) is 0. The molecule has 0 saturated heterocycles. The van der Waals surface area contributed by atoms with Crippen LogP contribution < -0.4 is 5.32 Å². The van der Waals surface area contributed by atoms with E-state index in [1.807, 2.05) is 20.8 Å². The van der Waals surface area contributed by atoms with Gasteiger partial charge in [0.2, 0.25) is 11.8 Å². The Morgan fingerprint density at radius 1 is 1.36 bits per heavy atom. The average Bonchev–Trinajstić information content (AvgIpc) is 2.84. The Kier molecular flexibility index (Phi) is 6.52. The zero-order chi connectivity index (χ0) is 16.8. The molecule has 124 valence electrons. The van der Waals surface area contributed by atoms with Crippen LogP contribution in [0.3, 0.4) is 0 Å². The second-order valence-electron chi connectivity index (χ2n) is 6.62. The molecule has 0 saturated carbocycles. The summed E-state index contributed by atoms with van der Waals surface area (Å²) >= 11 is 0. The van der Waals surface area contributed by atoms with Gasteiger partial charge < -0.3 is 14.9 Å². The van der Waals surface area contributed by atoms with E-state index in [1.165, 1.54) is 0 Å². The number of aryl methyl sites for hydroxylation is 1. The van der Waals surface area contributed by atoms with Gasteiger partial charge in [-0.05, 0) is 12.3 Å². The summed E-state index contributed by atoms with van der Waals surface area (Å²) in [4.78, 5) is 26.5. The molecule has 7 nitrogen and oxygen atoms in total. The molecule has 0 radical (unpaired) electrons. The van der Waals surface area contributed by atoms with Crippen molar-refractivity contribution in [2.24, 2.45) is 5.92 Å². The molecule has 0 aliphatic rings. The molecule has 1 aromatic rings. The van der Waals surface area contributed by atoms with Crippen molar-refractivity contribution in [2.45, 2.75) is 58.8 Å². The maximum absolute atomic E-state index is 11.7. The molecule has 1 heterocycles. The molecule has 2 N–H and O–H groups in total. The van der Waals surface area contributed by atoms with Crippen LogP contribution in [0, 0.1) is 5.92 Å². The third-order valence-corrected chi connectivity index (χ3v) is 3.10. The number of amides is 1. The molecule has 1 unspecified atom stereocenters. The SMILES string of the molecule is CC(CNC(=O)CCCc1nc(C(C)(C)C)no1)CC(=O)O. The topological polar surface area (TPSA) is 105 Å². The minimum absolute atomic E-state index is 0.0534. The van der Waals surface area contributed by atoms with Gasteiger partial charge in [0, 0.05) is 31.2 Å². The van der Waals surface area contributed by atoms with Crippen molar-refractivity contribution >= 4 is 11.9 Å². The van der Waals surface area contributed by atoms with Crippen molar-refractivity contribution in [3.8, 4) is 0 Å². The first kappa shape index (κ1) is 18.1. The number of carboxylic acid groups (broad SMARTS) is 1. The first-order valence-corrected chi connectivity index (χ1v) is 7.50. The lowest BCUT2D eigenvalue weighted by Gasteiger charge is -2.11. The van der Waals surface area contributed by atoms with Gasteiger partial charge in [0.05, 0.1) is 0 Å². The van der Waals surface area contributed by atoms with Crippen molar-refractivity contribution < 1.29 is 19.2 Å². The zero-order valence-electron chi connectivity index (χ0n) is 13.7. The van der Waals surface area contributed by atoms with Gasteiger partial charge in [-0.3, -0.25) is 9.59 Å². The maximum Gasteiger partial charge on any atom is 0.303 e. The highest BCUT2D eigenvalue weighted by Crippen LogP contribution is 2.18. The number of carbonyl (C=O) groups excluding carboxylic acids is 1. The summed E-state index contributed by atoms with van der Waals surface area (Å²) in [6.07, 6.45) is 1.58. The highest BCUT2D eigenvalue weighted by Gasteiger charge is 2.20. The lowest BCUT2D eigenvalue weighted by Crippen LogP contribution is -2.29. The monoisotopic (exact) mass is 311 g/mol. The van der Waals surface area contributed by atoms with Gasteiger partial charge in [-0.1, -0.05) is 32.9 Å². The Morgan fingerprint density at radius 3 is 2.59 bits per heavy atom.